The molecular weight excluding hydrogens is 478 g/mol. The summed E-state index contributed by atoms with van der Waals surface area (Å²) >= 11 is 0. The summed E-state index contributed by atoms with van der Waals surface area (Å²) in [6.45, 7) is 7.07. The van der Waals surface area contributed by atoms with Gasteiger partial charge < -0.3 is 10.2 Å². The second kappa shape index (κ2) is 9.47. The van der Waals surface area contributed by atoms with Crippen LogP contribution in [0.2, 0.25) is 0 Å². The first-order valence-electron chi connectivity index (χ1n) is 11.8. The maximum Gasteiger partial charge on any atom is 0.255 e. The number of carbonyl (C=O) groups is 1. The minimum atomic E-state index is -3.41. The quantitative estimate of drug-likeness (QED) is 0.522. The van der Waals surface area contributed by atoms with Gasteiger partial charge in [0.15, 0.2) is 0 Å². The predicted molar refractivity (Wildman–Crippen MR) is 138 cm³/mol. The van der Waals surface area contributed by atoms with Crippen molar-refractivity contribution in [3.8, 4) is 0 Å². The van der Waals surface area contributed by atoms with Crippen LogP contribution in [-0.4, -0.2) is 71.0 Å². The molecule has 10 nitrogen and oxygen atoms in total. The van der Waals surface area contributed by atoms with Crippen molar-refractivity contribution in [1.29, 1.82) is 0 Å². The van der Waals surface area contributed by atoms with E-state index in [0.29, 0.717) is 24.6 Å². The van der Waals surface area contributed by atoms with Gasteiger partial charge in [-0.2, -0.15) is 0 Å². The number of likely N-dealkylation sites (tertiary alicyclic amines) is 1. The molecule has 1 saturated heterocycles. The molecule has 0 radical (unpaired) electrons. The fourth-order valence-electron chi connectivity index (χ4n) is 4.69. The van der Waals surface area contributed by atoms with E-state index in [-0.39, 0.29) is 17.8 Å². The molecule has 2 aliphatic rings. The summed E-state index contributed by atoms with van der Waals surface area (Å²) in [6.07, 6.45) is 5.20. The fourth-order valence-corrected chi connectivity index (χ4v) is 5.19. The zero-order valence-corrected chi connectivity index (χ0v) is 21.3. The standard InChI is InChI=1S/C25H29N7O3S/c1-16-8-17(2)10-20(9-16)28-25-27-12-19-13-31(7-6-22(19)29-25)21-14-32(15-21)24(33)18-4-5-23(26-11-18)30-36(3,34)35/h4-5,8-12,21H,6-7,13-15H2,1-3H3,(H,26,30)(H,27,28,29). The monoisotopic (exact) mass is 507 g/mol. The number of carbonyl (C=O) groups excluding carboxylic acids is 1. The van der Waals surface area contributed by atoms with Gasteiger partial charge in [-0.3, -0.25) is 14.4 Å². The van der Waals surface area contributed by atoms with Crippen molar-refractivity contribution in [3.63, 3.8) is 0 Å². The number of pyridine rings is 1. The third-order valence-electron chi connectivity index (χ3n) is 6.41. The van der Waals surface area contributed by atoms with Crippen LogP contribution in [-0.2, 0) is 23.0 Å². The Morgan fingerprint density at radius 1 is 1.06 bits per heavy atom. The molecule has 5 rings (SSSR count). The Bertz CT molecular complexity index is 1380. The summed E-state index contributed by atoms with van der Waals surface area (Å²) in [5.74, 6) is 0.698. The third-order valence-corrected chi connectivity index (χ3v) is 6.99. The lowest BCUT2D eigenvalue weighted by atomic mass is 10.00. The lowest BCUT2D eigenvalue weighted by Crippen LogP contribution is -2.61. The molecule has 1 aromatic carbocycles. The lowest BCUT2D eigenvalue weighted by molar-refractivity contribution is 0.0215. The highest BCUT2D eigenvalue weighted by molar-refractivity contribution is 7.92. The molecule has 3 aromatic rings. The number of benzene rings is 1. The van der Waals surface area contributed by atoms with Crippen LogP contribution < -0.4 is 10.0 Å². The molecule has 0 unspecified atom stereocenters. The van der Waals surface area contributed by atoms with Gasteiger partial charge in [0.1, 0.15) is 5.82 Å². The van der Waals surface area contributed by atoms with E-state index in [9.17, 15) is 13.2 Å². The van der Waals surface area contributed by atoms with E-state index in [1.54, 1.807) is 11.0 Å². The van der Waals surface area contributed by atoms with Crippen LogP contribution in [0, 0.1) is 13.8 Å². The van der Waals surface area contributed by atoms with E-state index in [1.807, 2.05) is 6.20 Å². The molecule has 0 atom stereocenters. The van der Waals surface area contributed by atoms with Gasteiger partial charge in [-0.15, -0.1) is 0 Å². The van der Waals surface area contributed by atoms with Crippen molar-refractivity contribution in [2.75, 3.05) is 35.9 Å². The van der Waals surface area contributed by atoms with E-state index in [4.69, 9.17) is 4.98 Å². The van der Waals surface area contributed by atoms with Gasteiger partial charge in [-0.25, -0.2) is 23.4 Å². The predicted octanol–water partition coefficient (Wildman–Crippen LogP) is 2.49. The molecule has 1 fully saturated rings. The van der Waals surface area contributed by atoms with Crippen LogP contribution >= 0.6 is 0 Å². The van der Waals surface area contributed by atoms with Gasteiger partial charge in [0.05, 0.1) is 17.5 Å². The maximum absolute atomic E-state index is 12.8. The molecular formula is C25H29N7O3S. The molecule has 0 saturated carbocycles. The fraction of sp³-hybridized carbons (Fsp3) is 0.360. The molecule has 2 aliphatic heterocycles. The van der Waals surface area contributed by atoms with Crippen molar-refractivity contribution < 1.29 is 13.2 Å². The number of aromatic nitrogens is 3. The van der Waals surface area contributed by atoms with Crippen molar-refractivity contribution in [2.45, 2.75) is 32.9 Å². The van der Waals surface area contributed by atoms with Crippen LogP contribution in [0.4, 0.5) is 17.5 Å². The Kier molecular flexibility index (Phi) is 6.35. The van der Waals surface area contributed by atoms with E-state index >= 15 is 0 Å². The van der Waals surface area contributed by atoms with Crippen molar-refractivity contribution in [3.05, 3.63) is 70.7 Å². The minimum absolute atomic E-state index is 0.104. The largest absolute Gasteiger partial charge is 0.335 e. The number of aryl methyl sites for hydroxylation is 2. The average Bonchev–Trinajstić information content (AvgIpc) is 2.77. The number of rotatable bonds is 6. The lowest BCUT2D eigenvalue weighted by Gasteiger charge is -2.46. The third kappa shape index (κ3) is 5.47. The van der Waals surface area contributed by atoms with Crippen LogP contribution in [0.1, 0.15) is 32.7 Å². The van der Waals surface area contributed by atoms with Crippen molar-refractivity contribution in [1.82, 2.24) is 24.8 Å². The summed E-state index contributed by atoms with van der Waals surface area (Å²) in [7, 11) is -3.41. The maximum atomic E-state index is 12.8. The molecule has 0 aliphatic carbocycles. The zero-order valence-electron chi connectivity index (χ0n) is 20.5. The van der Waals surface area contributed by atoms with Crippen molar-refractivity contribution in [2.24, 2.45) is 0 Å². The van der Waals surface area contributed by atoms with Gasteiger partial charge in [0.2, 0.25) is 16.0 Å². The number of fused-ring (bicyclic) bond motifs is 1. The van der Waals surface area contributed by atoms with E-state index in [0.717, 1.165) is 42.7 Å². The normalized spacial score (nSPS) is 16.2. The van der Waals surface area contributed by atoms with Crippen molar-refractivity contribution >= 4 is 33.4 Å². The van der Waals surface area contributed by atoms with Crippen LogP contribution in [0.15, 0.2) is 42.7 Å². The Morgan fingerprint density at radius 3 is 2.47 bits per heavy atom. The highest BCUT2D eigenvalue weighted by Gasteiger charge is 2.36. The number of hydrogen-bond acceptors (Lipinski definition) is 8. The Morgan fingerprint density at radius 2 is 1.81 bits per heavy atom. The van der Waals surface area contributed by atoms with Crippen LogP contribution in [0.25, 0.3) is 0 Å². The molecule has 11 heteroatoms. The smallest absolute Gasteiger partial charge is 0.255 e. The number of nitrogens with one attached hydrogen (secondary N) is 2. The highest BCUT2D eigenvalue weighted by Crippen LogP contribution is 2.26. The summed E-state index contributed by atoms with van der Waals surface area (Å²) in [5.41, 5.74) is 5.99. The number of sulfonamides is 1. The molecule has 0 bridgehead atoms. The second-order valence-electron chi connectivity index (χ2n) is 9.56. The number of amides is 1. The molecule has 188 valence electrons. The number of hydrogen-bond donors (Lipinski definition) is 2. The van der Waals surface area contributed by atoms with E-state index in [1.165, 1.54) is 23.4 Å². The Hall–Kier alpha value is -3.57. The van der Waals surface area contributed by atoms with Gasteiger partial charge in [-0.05, 0) is 49.2 Å². The molecule has 4 heterocycles. The summed E-state index contributed by atoms with van der Waals surface area (Å²) in [4.78, 5) is 30.3. The number of nitrogens with zero attached hydrogens (tertiary/aromatic N) is 5. The first-order valence-corrected chi connectivity index (χ1v) is 13.7. The summed E-state index contributed by atoms with van der Waals surface area (Å²) < 4.78 is 24.9. The highest BCUT2D eigenvalue weighted by atomic mass is 32.2. The summed E-state index contributed by atoms with van der Waals surface area (Å²) in [5, 5.41) is 3.32. The Balaban J connectivity index is 1.16. The molecule has 2 aromatic heterocycles. The average molecular weight is 508 g/mol. The molecule has 0 spiro atoms. The minimum Gasteiger partial charge on any atom is -0.335 e. The van der Waals surface area contributed by atoms with Gasteiger partial charge >= 0.3 is 0 Å². The molecule has 1 amide bonds. The molecule has 36 heavy (non-hydrogen) atoms. The SMILES string of the molecule is Cc1cc(C)cc(Nc2ncc3c(n2)CCN(C2CN(C(=O)c4ccc(NS(C)(=O)=O)nc4)C2)C3)c1. The van der Waals surface area contributed by atoms with Gasteiger partial charge in [0, 0.05) is 62.3 Å². The number of anilines is 3. The zero-order chi connectivity index (χ0) is 25.4. The van der Waals surface area contributed by atoms with Crippen LogP contribution in [0.5, 0.6) is 0 Å². The molecule has 2 N–H and O–H groups in total. The van der Waals surface area contributed by atoms with E-state index < -0.39 is 10.0 Å². The van der Waals surface area contributed by atoms with Crippen LogP contribution in [0.3, 0.4) is 0 Å². The topological polar surface area (TPSA) is 120 Å². The van der Waals surface area contributed by atoms with Gasteiger partial charge in [0.25, 0.3) is 5.91 Å². The first-order chi connectivity index (χ1) is 17.1. The second-order valence-corrected chi connectivity index (χ2v) is 11.3. The Labute approximate surface area is 210 Å². The van der Waals surface area contributed by atoms with Gasteiger partial charge in [-0.1, -0.05) is 6.07 Å². The summed E-state index contributed by atoms with van der Waals surface area (Å²) in [6, 6.07) is 9.67. The first kappa shape index (κ1) is 24.1. The van der Waals surface area contributed by atoms with E-state index in [2.05, 4.69) is 57.0 Å².